The van der Waals surface area contributed by atoms with Crippen molar-refractivity contribution in [3.8, 4) is 0 Å². The lowest BCUT2D eigenvalue weighted by Crippen LogP contribution is -2.21. The average molecular weight is 411 g/mol. The Balaban J connectivity index is 1.60. The minimum absolute atomic E-state index is 0.00257. The smallest absolute Gasteiger partial charge is 0.244 e. The van der Waals surface area contributed by atoms with Gasteiger partial charge in [-0.15, -0.1) is 11.3 Å². The number of hydrogen-bond donors (Lipinski definition) is 2. The van der Waals surface area contributed by atoms with Crippen LogP contribution in [0.4, 0.5) is 5.69 Å². The molecule has 3 rings (SSSR count). The van der Waals surface area contributed by atoms with Gasteiger partial charge in [0.05, 0.1) is 11.4 Å². The lowest BCUT2D eigenvalue weighted by Gasteiger charge is -2.11. The molecule has 0 unspecified atom stereocenters. The molecule has 0 saturated heterocycles. The number of fused-ring (bicyclic) bond motifs is 1. The lowest BCUT2D eigenvalue weighted by atomic mass is 10.1. The van der Waals surface area contributed by atoms with Gasteiger partial charge in [-0.3, -0.25) is 14.0 Å². The standard InChI is InChI=1S/C22H26N4O2S/c1-5-14(2)21(28)25-18-8-6-7-17(11-18)12-23-20(27)10-9-19-16(4)24-22-26(19)13-15(3)29-22/h6-11,13-14H,5,12H2,1-4H3,(H,23,27)(H,25,28)/b10-9-/t14-/m0/s1. The largest absolute Gasteiger partial charge is 0.348 e. The van der Waals surface area contributed by atoms with Crippen LogP contribution in [-0.4, -0.2) is 21.2 Å². The van der Waals surface area contributed by atoms with Crippen LogP contribution in [0.1, 0.15) is 42.1 Å². The summed E-state index contributed by atoms with van der Waals surface area (Å²) in [5.74, 6) is -0.211. The van der Waals surface area contributed by atoms with E-state index in [4.69, 9.17) is 0 Å². The predicted molar refractivity (Wildman–Crippen MR) is 118 cm³/mol. The Bertz CT molecular complexity index is 1060. The third kappa shape index (κ3) is 5.12. The molecule has 7 heteroatoms. The highest BCUT2D eigenvalue weighted by molar-refractivity contribution is 7.17. The first-order valence-electron chi connectivity index (χ1n) is 9.68. The minimum Gasteiger partial charge on any atom is -0.348 e. The first kappa shape index (κ1) is 20.8. The van der Waals surface area contributed by atoms with Crippen LogP contribution >= 0.6 is 11.3 Å². The van der Waals surface area contributed by atoms with Crippen molar-refractivity contribution < 1.29 is 9.59 Å². The Morgan fingerprint density at radius 1 is 1.31 bits per heavy atom. The van der Waals surface area contributed by atoms with Gasteiger partial charge in [0.15, 0.2) is 4.96 Å². The molecule has 2 N–H and O–H groups in total. The van der Waals surface area contributed by atoms with Crippen molar-refractivity contribution in [2.75, 3.05) is 5.32 Å². The molecule has 2 aromatic heterocycles. The van der Waals surface area contributed by atoms with Gasteiger partial charge in [-0.1, -0.05) is 26.0 Å². The van der Waals surface area contributed by atoms with Gasteiger partial charge in [-0.05, 0) is 44.0 Å². The van der Waals surface area contributed by atoms with Gasteiger partial charge in [0.2, 0.25) is 11.8 Å². The van der Waals surface area contributed by atoms with Crippen LogP contribution < -0.4 is 10.6 Å². The first-order valence-corrected chi connectivity index (χ1v) is 10.5. The fourth-order valence-electron chi connectivity index (χ4n) is 2.89. The van der Waals surface area contributed by atoms with Crippen LogP contribution in [0.2, 0.25) is 0 Å². The van der Waals surface area contributed by atoms with Gasteiger partial charge >= 0.3 is 0 Å². The van der Waals surface area contributed by atoms with Gasteiger partial charge in [-0.2, -0.15) is 0 Å². The molecule has 6 nitrogen and oxygen atoms in total. The van der Waals surface area contributed by atoms with E-state index in [2.05, 4.69) is 15.6 Å². The highest BCUT2D eigenvalue weighted by atomic mass is 32.1. The number of rotatable bonds is 7. The van der Waals surface area contributed by atoms with Crippen molar-refractivity contribution in [2.24, 2.45) is 5.92 Å². The molecule has 3 aromatic rings. The molecule has 0 aliphatic carbocycles. The van der Waals surface area contributed by atoms with E-state index in [1.165, 1.54) is 11.0 Å². The van der Waals surface area contributed by atoms with Crippen LogP contribution in [0.15, 0.2) is 36.5 Å². The number of carbonyl (C=O) groups is 2. The Morgan fingerprint density at radius 2 is 2.10 bits per heavy atom. The number of aromatic nitrogens is 2. The fourth-order valence-corrected chi connectivity index (χ4v) is 3.77. The average Bonchev–Trinajstić information content (AvgIpc) is 3.18. The first-order chi connectivity index (χ1) is 13.9. The molecular formula is C22H26N4O2S. The third-order valence-electron chi connectivity index (χ3n) is 4.78. The molecule has 0 aliphatic rings. The van der Waals surface area contributed by atoms with E-state index in [-0.39, 0.29) is 17.7 Å². The fraction of sp³-hybridized carbons (Fsp3) is 0.318. The van der Waals surface area contributed by atoms with Gasteiger partial charge in [0, 0.05) is 35.3 Å². The van der Waals surface area contributed by atoms with E-state index in [0.717, 1.165) is 34.0 Å². The van der Waals surface area contributed by atoms with E-state index in [0.29, 0.717) is 6.54 Å². The van der Waals surface area contributed by atoms with E-state index in [1.807, 2.05) is 62.6 Å². The number of nitrogens with zero attached hydrogens (tertiary/aromatic N) is 2. The Labute approximate surface area is 174 Å². The van der Waals surface area contributed by atoms with Gasteiger partial charge in [0.1, 0.15) is 0 Å². The Kier molecular flexibility index (Phi) is 6.49. The number of nitrogens with one attached hydrogen (secondary N) is 2. The normalized spacial score (nSPS) is 12.4. The molecule has 0 saturated carbocycles. The molecule has 0 bridgehead atoms. The number of hydrogen-bond acceptors (Lipinski definition) is 4. The molecule has 2 amide bonds. The monoisotopic (exact) mass is 410 g/mol. The van der Waals surface area contributed by atoms with Crippen molar-refractivity contribution in [3.63, 3.8) is 0 Å². The molecule has 0 spiro atoms. The summed E-state index contributed by atoms with van der Waals surface area (Å²) >= 11 is 1.62. The number of benzene rings is 1. The van der Waals surface area contributed by atoms with E-state index in [9.17, 15) is 9.59 Å². The zero-order chi connectivity index (χ0) is 21.0. The summed E-state index contributed by atoms with van der Waals surface area (Å²) < 4.78 is 2.00. The quantitative estimate of drug-likeness (QED) is 0.570. The summed E-state index contributed by atoms with van der Waals surface area (Å²) in [4.78, 5) is 30.9. The number of anilines is 1. The lowest BCUT2D eigenvalue weighted by molar-refractivity contribution is -0.119. The molecule has 152 valence electrons. The van der Waals surface area contributed by atoms with Crippen LogP contribution in [0.3, 0.4) is 0 Å². The molecule has 0 radical (unpaired) electrons. The van der Waals surface area contributed by atoms with Crippen molar-refractivity contribution >= 4 is 39.9 Å². The third-order valence-corrected chi connectivity index (χ3v) is 5.67. The number of carbonyl (C=O) groups excluding carboxylic acids is 2. The van der Waals surface area contributed by atoms with Crippen molar-refractivity contribution in [1.82, 2.24) is 14.7 Å². The molecule has 1 aromatic carbocycles. The summed E-state index contributed by atoms with van der Waals surface area (Å²) in [6.07, 6.45) is 6.14. The maximum Gasteiger partial charge on any atom is 0.244 e. The number of amides is 2. The summed E-state index contributed by atoms with van der Waals surface area (Å²) in [5, 5.41) is 5.80. The number of imidazole rings is 1. The maximum absolute atomic E-state index is 12.3. The molecule has 0 fully saturated rings. The highest BCUT2D eigenvalue weighted by Gasteiger charge is 2.11. The van der Waals surface area contributed by atoms with Crippen molar-refractivity contribution in [2.45, 2.75) is 40.7 Å². The Hall–Kier alpha value is -2.93. The summed E-state index contributed by atoms with van der Waals surface area (Å²) in [6.45, 7) is 8.24. The van der Waals surface area contributed by atoms with E-state index >= 15 is 0 Å². The second-order valence-corrected chi connectivity index (χ2v) is 8.34. The second-order valence-electron chi connectivity index (χ2n) is 7.13. The van der Waals surface area contributed by atoms with E-state index in [1.54, 1.807) is 17.4 Å². The molecule has 29 heavy (non-hydrogen) atoms. The van der Waals surface area contributed by atoms with Gasteiger partial charge in [0.25, 0.3) is 0 Å². The van der Waals surface area contributed by atoms with Crippen LogP contribution in [-0.2, 0) is 16.1 Å². The molecular weight excluding hydrogens is 384 g/mol. The molecule has 2 heterocycles. The van der Waals surface area contributed by atoms with Gasteiger partial charge in [-0.25, -0.2) is 4.98 Å². The molecule has 0 aliphatic heterocycles. The summed E-state index contributed by atoms with van der Waals surface area (Å²) in [7, 11) is 0. The van der Waals surface area contributed by atoms with Crippen LogP contribution in [0.5, 0.6) is 0 Å². The van der Waals surface area contributed by atoms with Crippen molar-refractivity contribution in [3.05, 3.63) is 58.4 Å². The summed E-state index contributed by atoms with van der Waals surface area (Å²) in [5.41, 5.74) is 3.46. The highest BCUT2D eigenvalue weighted by Crippen LogP contribution is 2.21. The minimum atomic E-state index is -0.180. The second kappa shape index (κ2) is 9.05. The zero-order valence-corrected chi connectivity index (χ0v) is 18.0. The van der Waals surface area contributed by atoms with Crippen LogP contribution in [0, 0.1) is 19.8 Å². The topological polar surface area (TPSA) is 75.5 Å². The van der Waals surface area contributed by atoms with E-state index < -0.39 is 0 Å². The number of thiazole rings is 1. The van der Waals surface area contributed by atoms with Crippen molar-refractivity contribution in [1.29, 1.82) is 0 Å². The zero-order valence-electron chi connectivity index (χ0n) is 17.2. The van der Waals surface area contributed by atoms with Crippen LogP contribution in [0.25, 0.3) is 11.0 Å². The maximum atomic E-state index is 12.3. The Morgan fingerprint density at radius 3 is 2.86 bits per heavy atom. The summed E-state index contributed by atoms with van der Waals surface area (Å²) in [6, 6.07) is 7.52. The van der Waals surface area contributed by atoms with Gasteiger partial charge < -0.3 is 10.6 Å². The SMILES string of the molecule is CC[C@H](C)C(=O)Nc1cccc(CNC(=O)/C=C\c2c(C)nc3sc(C)cn23)c1. The predicted octanol–water partition coefficient (Wildman–Crippen LogP) is 4.33. The molecule has 1 atom stereocenters. The number of aryl methyl sites for hydroxylation is 2.